The van der Waals surface area contributed by atoms with Crippen molar-refractivity contribution in [3.8, 4) is 0 Å². The first kappa shape index (κ1) is 43.7. The van der Waals surface area contributed by atoms with Gasteiger partial charge in [-0.2, -0.15) is 13.6 Å². The van der Waals surface area contributed by atoms with Gasteiger partial charge in [0, 0.05) is 6.92 Å². The van der Waals surface area contributed by atoms with E-state index in [-0.39, 0.29) is 12.3 Å². The minimum atomic E-state index is -3.09. The second kappa shape index (κ2) is 23.8. The topological polar surface area (TPSA) is 60.7 Å². The summed E-state index contributed by atoms with van der Waals surface area (Å²) in [6.45, 7) is 34.0. The number of hydrogen-bond acceptors (Lipinski definition) is 4. The number of allylic oxidation sites excluding steroid dienone is 2. The zero-order valence-corrected chi connectivity index (χ0v) is 29.2. The fourth-order valence-corrected chi connectivity index (χ4v) is 3.34. The lowest BCUT2D eigenvalue weighted by Gasteiger charge is -2.07. The third kappa shape index (κ3) is 17.7. The van der Waals surface area contributed by atoms with E-state index in [0.29, 0.717) is 0 Å². The highest BCUT2D eigenvalue weighted by atomic mass is 19.3. The van der Waals surface area contributed by atoms with Crippen LogP contribution in [-0.4, -0.2) is 26.0 Å². The number of tetrazole rings is 1. The van der Waals surface area contributed by atoms with Crippen molar-refractivity contribution in [2.24, 2.45) is 0 Å². The van der Waals surface area contributed by atoms with Gasteiger partial charge in [0.15, 0.2) is 0 Å². The van der Waals surface area contributed by atoms with E-state index >= 15 is 0 Å². The molecule has 0 aliphatic rings. The maximum absolute atomic E-state index is 13.1. The number of ketones is 1. The smallest absolute Gasteiger partial charge is 0.300 e. The molecule has 7 heteroatoms. The molecule has 0 fully saturated rings. The van der Waals surface area contributed by atoms with Crippen molar-refractivity contribution >= 4 is 17.9 Å². The van der Waals surface area contributed by atoms with Crippen LogP contribution in [0.4, 0.5) is 8.78 Å². The predicted octanol–water partition coefficient (Wildman–Crippen LogP) is 10.6. The van der Waals surface area contributed by atoms with Crippen molar-refractivity contribution in [1.29, 1.82) is 0 Å². The standard InChI is InChI=1S/C16H18F2N4.C11H14.C3H6O.3C2H6/c1-5-13(9-14-11(2)7-6-8-12(14)3)10-22-20-15(19-21-22)16(4,17)18;1-5-11-7-8(2)6-9(3)10(11)4;1-3(2)4;3*1-2/h5-9H,1,10H2,2-4H3;5-7H,1H2,2-4H3;1-2H3;3*1-2H3/b13-9+;;;;;. The lowest BCUT2D eigenvalue weighted by molar-refractivity contribution is -0.115. The minimum absolute atomic E-state index is 0.167. The normalized spacial score (nSPS) is 9.91. The molecule has 0 saturated carbocycles. The third-order valence-corrected chi connectivity index (χ3v) is 5.38. The Morgan fingerprint density at radius 2 is 1.40 bits per heavy atom. The van der Waals surface area contributed by atoms with E-state index in [9.17, 15) is 13.6 Å². The number of aryl methyl sites for hydroxylation is 4. The Balaban J connectivity index is -0.000000636. The van der Waals surface area contributed by atoms with Crippen LogP contribution in [0.5, 0.6) is 0 Å². The van der Waals surface area contributed by atoms with Gasteiger partial charge in [0.2, 0.25) is 5.82 Å². The van der Waals surface area contributed by atoms with Gasteiger partial charge in [-0.3, -0.25) is 0 Å². The molecule has 0 unspecified atom stereocenters. The van der Waals surface area contributed by atoms with Gasteiger partial charge in [0.1, 0.15) is 5.78 Å². The van der Waals surface area contributed by atoms with Crippen molar-refractivity contribution in [2.45, 2.75) is 109 Å². The highest BCUT2D eigenvalue weighted by Crippen LogP contribution is 2.23. The predicted molar refractivity (Wildman–Crippen MR) is 183 cm³/mol. The average molecular weight is 599 g/mol. The second-order valence-corrected chi connectivity index (χ2v) is 9.17. The molecule has 2 aromatic carbocycles. The van der Waals surface area contributed by atoms with Gasteiger partial charge in [0.05, 0.1) is 6.54 Å². The van der Waals surface area contributed by atoms with Crippen LogP contribution < -0.4 is 0 Å². The lowest BCUT2D eigenvalue weighted by atomic mass is 10.0. The summed E-state index contributed by atoms with van der Waals surface area (Å²) in [5.41, 5.74) is 9.41. The summed E-state index contributed by atoms with van der Waals surface area (Å²) in [5, 5.41) is 10.8. The molecule has 0 aliphatic heterocycles. The third-order valence-electron chi connectivity index (χ3n) is 5.38. The molecule has 3 aromatic rings. The Hall–Kier alpha value is -3.74. The van der Waals surface area contributed by atoms with Crippen LogP contribution in [0.15, 0.2) is 55.1 Å². The summed E-state index contributed by atoms with van der Waals surface area (Å²) in [5.74, 6) is -3.51. The van der Waals surface area contributed by atoms with Crippen molar-refractivity contribution < 1.29 is 13.6 Å². The SMILES string of the molecule is C=C/C(=C\c1c(C)cccc1C)Cn1nnc(C(C)(F)F)n1.C=Cc1cc(C)cc(C)c1C.CC.CC.CC.CC(C)=O. The van der Waals surface area contributed by atoms with Gasteiger partial charge < -0.3 is 4.79 Å². The Labute approximate surface area is 260 Å². The highest BCUT2D eigenvalue weighted by Gasteiger charge is 2.30. The maximum atomic E-state index is 13.1. The van der Waals surface area contributed by atoms with Gasteiger partial charge in [-0.15, -0.1) is 10.2 Å². The Bertz CT molecular complexity index is 1240. The van der Waals surface area contributed by atoms with Crippen LogP contribution >= 0.6 is 0 Å². The van der Waals surface area contributed by atoms with Gasteiger partial charge in [0.25, 0.3) is 0 Å². The van der Waals surface area contributed by atoms with E-state index in [1.165, 1.54) is 36.1 Å². The van der Waals surface area contributed by atoms with Crippen LogP contribution in [0.1, 0.15) is 107 Å². The molecular weight excluding hydrogens is 542 g/mol. The molecule has 0 bridgehead atoms. The molecule has 0 atom stereocenters. The molecule has 240 valence electrons. The van der Waals surface area contributed by atoms with Crippen LogP contribution in [0.2, 0.25) is 0 Å². The van der Waals surface area contributed by atoms with Crippen molar-refractivity contribution in [2.75, 3.05) is 0 Å². The maximum Gasteiger partial charge on any atom is 0.307 e. The summed E-state index contributed by atoms with van der Waals surface area (Å²) in [4.78, 5) is 10.6. The number of rotatable bonds is 6. The number of benzene rings is 2. The first-order valence-electron chi connectivity index (χ1n) is 14.9. The first-order chi connectivity index (χ1) is 20.2. The molecule has 0 aliphatic carbocycles. The van der Waals surface area contributed by atoms with Crippen LogP contribution in [0, 0.1) is 34.6 Å². The fraction of sp³-hybridized carbons (Fsp3) is 0.444. The Morgan fingerprint density at radius 3 is 1.79 bits per heavy atom. The largest absolute Gasteiger partial charge is 0.307 e. The van der Waals surface area contributed by atoms with E-state index in [1.807, 2.05) is 85.7 Å². The molecule has 0 saturated heterocycles. The number of nitrogens with zero attached hydrogens (tertiary/aromatic N) is 4. The van der Waals surface area contributed by atoms with Crippen molar-refractivity contribution in [1.82, 2.24) is 20.2 Å². The highest BCUT2D eigenvalue weighted by molar-refractivity contribution is 5.72. The van der Waals surface area contributed by atoms with Crippen LogP contribution in [-0.2, 0) is 17.3 Å². The monoisotopic (exact) mass is 598 g/mol. The number of carbonyl (C=O) groups excluding carboxylic acids is 1. The van der Waals surface area contributed by atoms with Gasteiger partial charge in [-0.25, -0.2) is 0 Å². The van der Waals surface area contributed by atoms with Crippen LogP contribution in [0.25, 0.3) is 12.2 Å². The second-order valence-electron chi connectivity index (χ2n) is 9.17. The van der Waals surface area contributed by atoms with Gasteiger partial charge >= 0.3 is 5.92 Å². The Kier molecular flexibility index (Phi) is 24.2. The molecule has 0 amide bonds. The molecule has 5 nitrogen and oxygen atoms in total. The quantitative estimate of drug-likeness (QED) is 0.265. The average Bonchev–Trinajstić information content (AvgIpc) is 3.45. The molecule has 0 N–H and O–H groups in total. The molecule has 0 radical (unpaired) electrons. The summed E-state index contributed by atoms with van der Waals surface area (Å²) in [6, 6.07) is 10.4. The van der Waals surface area contributed by atoms with E-state index in [4.69, 9.17) is 0 Å². The minimum Gasteiger partial charge on any atom is -0.300 e. The molecule has 1 aromatic heterocycles. The molecule has 3 rings (SSSR count). The summed E-state index contributed by atoms with van der Waals surface area (Å²) in [7, 11) is 0. The number of halogens is 2. The summed E-state index contributed by atoms with van der Waals surface area (Å²) in [6.07, 6.45) is 5.54. The molecule has 0 spiro atoms. The van der Waals surface area contributed by atoms with Gasteiger partial charge in [-0.1, -0.05) is 103 Å². The molecular formula is C36H56F2N4O. The summed E-state index contributed by atoms with van der Waals surface area (Å²) >= 11 is 0. The summed E-state index contributed by atoms with van der Waals surface area (Å²) < 4.78 is 26.3. The zero-order valence-electron chi connectivity index (χ0n) is 29.2. The van der Waals surface area contributed by atoms with E-state index in [1.54, 1.807) is 6.08 Å². The number of carbonyl (C=O) groups is 1. The number of aromatic nitrogens is 4. The number of hydrogen-bond donors (Lipinski definition) is 0. The Morgan fingerprint density at radius 1 is 0.907 bits per heavy atom. The lowest BCUT2D eigenvalue weighted by Crippen LogP contribution is -2.11. The zero-order chi connectivity index (χ0) is 34.3. The van der Waals surface area contributed by atoms with Crippen LogP contribution in [0.3, 0.4) is 0 Å². The van der Waals surface area contributed by atoms with E-state index in [2.05, 4.69) is 61.5 Å². The molecule has 43 heavy (non-hydrogen) atoms. The molecule has 1 heterocycles. The van der Waals surface area contributed by atoms with Crippen molar-refractivity contribution in [3.63, 3.8) is 0 Å². The number of alkyl halides is 2. The fourth-order valence-electron chi connectivity index (χ4n) is 3.34. The van der Waals surface area contributed by atoms with E-state index < -0.39 is 11.7 Å². The number of Topliss-reactive ketones (excluding diaryl/α,β-unsaturated/α-hetero) is 1. The van der Waals surface area contributed by atoms with Gasteiger partial charge in [-0.05, 0) is 98.7 Å². The van der Waals surface area contributed by atoms with E-state index in [0.717, 1.165) is 34.0 Å². The van der Waals surface area contributed by atoms with Crippen molar-refractivity contribution in [3.05, 3.63) is 99.9 Å². The first-order valence-corrected chi connectivity index (χ1v) is 14.9.